The second-order valence-corrected chi connectivity index (χ2v) is 3.56. The highest BCUT2D eigenvalue weighted by Gasteiger charge is 2.15. The lowest BCUT2D eigenvalue weighted by atomic mass is 9.98. The van der Waals surface area contributed by atoms with Crippen molar-refractivity contribution in [3.8, 4) is 5.88 Å². The van der Waals surface area contributed by atoms with Crippen LogP contribution < -0.4 is 4.74 Å². The van der Waals surface area contributed by atoms with E-state index in [1.165, 1.54) is 31.7 Å². The summed E-state index contributed by atoms with van der Waals surface area (Å²) < 4.78 is 18.2. The highest BCUT2D eigenvalue weighted by atomic mass is 19.1. The van der Waals surface area contributed by atoms with Gasteiger partial charge in [0.15, 0.2) is 0 Å². The van der Waals surface area contributed by atoms with E-state index >= 15 is 0 Å². The van der Waals surface area contributed by atoms with Gasteiger partial charge in [-0.3, -0.25) is 0 Å². The van der Waals surface area contributed by atoms with Crippen LogP contribution >= 0.6 is 0 Å². The Morgan fingerprint density at radius 1 is 1.21 bits per heavy atom. The van der Waals surface area contributed by atoms with Gasteiger partial charge < -0.3 is 4.74 Å². The Labute approximate surface area is 82.3 Å². The van der Waals surface area contributed by atoms with Crippen molar-refractivity contribution in [3.05, 3.63) is 18.3 Å². The minimum absolute atomic E-state index is 0.207. The number of halogens is 1. The normalized spacial score (nSPS) is 18.1. The van der Waals surface area contributed by atoms with Crippen LogP contribution in [0.15, 0.2) is 12.4 Å². The van der Waals surface area contributed by atoms with Crippen LogP contribution in [0, 0.1) is 5.95 Å². The van der Waals surface area contributed by atoms with E-state index in [1.807, 2.05) is 0 Å². The van der Waals surface area contributed by atoms with Crippen LogP contribution in [0.25, 0.3) is 0 Å². The largest absolute Gasteiger partial charge is 0.474 e. The maximum atomic E-state index is 12.7. The third-order valence-electron chi connectivity index (χ3n) is 2.45. The van der Waals surface area contributed by atoms with Gasteiger partial charge in [0, 0.05) is 0 Å². The molecule has 1 aliphatic carbocycles. The monoisotopic (exact) mass is 196 g/mol. The van der Waals surface area contributed by atoms with Crippen molar-refractivity contribution in [2.24, 2.45) is 0 Å². The van der Waals surface area contributed by atoms with E-state index in [0.29, 0.717) is 5.88 Å². The molecule has 1 fully saturated rings. The van der Waals surface area contributed by atoms with Gasteiger partial charge in [0.1, 0.15) is 12.4 Å². The van der Waals surface area contributed by atoms with Crippen molar-refractivity contribution < 1.29 is 9.13 Å². The topological polar surface area (TPSA) is 35.0 Å². The van der Waals surface area contributed by atoms with Crippen molar-refractivity contribution in [3.63, 3.8) is 0 Å². The molecule has 76 valence electrons. The Hall–Kier alpha value is -1.19. The lowest BCUT2D eigenvalue weighted by molar-refractivity contribution is 0.147. The van der Waals surface area contributed by atoms with E-state index in [4.69, 9.17) is 4.74 Å². The molecule has 4 heteroatoms. The maximum Gasteiger partial charge on any atom is 0.219 e. The van der Waals surface area contributed by atoms with E-state index in [1.54, 1.807) is 0 Å². The Kier molecular flexibility index (Phi) is 2.91. The van der Waals surface area contributed by atoms with Gasteiger partial charge in [-0.2, -0.15) is 4.39 Å². The summed E-state index contributed by atoms with van der Waals surface area (Å²) in [4.78, 5) is 7.24. The van der Waals surface area contributed by atoms with E-state index in [0.717, 1.165) is 12.8 Å². The van der Waals surface area contributed by atoms with Crippen LogP contribution in [-0.4, -0.2) is 16.1 Å². The van der Waals surface area contributed by atoms with Crippen LogP contribution in [0.4, 0.5) is 4.39 Å². The molecule has 1 heterocycles. The van der Waals surface area contributed by atoms with Crippen molar-refractivity contribution in [1.82, 2.24) is 9.97 Å². The molecule has 0 bridgehead atoms. The summed E-state index contributed by atoms with van der Waals surface area (Å²) in [5.41, 5.74) is 0. The average Bonchev–Trinajstić information content (AvgIpc) is 2.19. The van der Waals surface area contributed by atoms with Gasteiger partial charge in [-0.25, -0.2) is 9.97 Å². The molecule has 0 atom stereocenters. The van der Waals surface area contributed by atoms with E-state index < -0.39 is 5.95 Å². The van der Waals surface area contributed by atoms with E-state index in [2.05, 4.69) is 9.97 Å². The molecule has 0 spiro atoms. The molecule has 2 rings (SSSR count). The van der Waals surface area contributed by atoms with Crippen molar-refractivity contribution >= 4 is 0 Å². The summed E-state index contributed by atoms with van der Waals surface area (Å²) in [5.74, 6) is -0.185. The zero-order valence-corrected chi connectivity index (χ0v) is 7.95. The number of nitrogens with zero attached hydrogens (tertiary/aromatic N) is 2. The molecule has 3 nitrogen and oxygen atoms in total. The van der Waals surface area contributed by atoms with Crippen molar-refractivity contribution in [2.45, 2.75) is 38.2 Å². The smallest absolute Gasteiger partial charge is 0.219 e. The molecule has 1 aromatic heterocycles. The Morgan fingerprint density at radius 3 is 2.71 bits per heavy atom. The Balaban J connectivity index is 1.95. The van der Waals surface area contributed by atoms with Crippen LogP contribution in [0.5, 0.6) is 5.88 Å². The summed E-state index contributed by atoms with van der Waals surface area (Å²) in [5, 5.41) is 0. The molecule has 1 aliphatic rings. The maximum absolute atomic E-state index is 12.7. The molecule has 0 unspecified atom stereocenters. The summed E-state index contributed by atoms with van der Waals surface area (Å²) in [7, 11) is 0. The first-order valence-corrected chi connectivity index (χ1v) is 4.99. The number of hydrogen-bond acceptors (Lipinski definition) is 3. The quantitative estimate of drug-likeness (QED) is 0.681. The zero-order chi connectivity index (χ0) is 9.80. The van der Waals surface area contributed by atoms with Crippen LogP contribution in [0.2, 0.25) is 0 Å². The molecule has 1 aromatic rings. The first-order valence-electron chi connectivity index (χ1n) is 4.99. The SMILES string of the molecule is Fc1cc(OC2CCCCC2)ncn1. The van der Waals surface area contributed by atoms with Gasteiger partial charge in [-0.05, 0) is 25.7 Å². The molecule has 0 N–H and O–H groups in total. The molecule has 0 aliphatic heterocycles. The fraction of sp³-hybridized carbons (Fsp3) is 0.600. The minimum atomic E-state index is -0.536. The molecule has 14 heavy (non-hydrogen) atoms. The first kappa shape index (κ1) is 9.37. The third-order valence-corrected chi connectivity index (χ3v) is 2.45. The second-order valence-electron chi connectivity index (χ2n) is 3.56. The van der Waals surface area contributed by atoms with Gasteiger partial charge in [-0.15, -0.1) is 0 Å². The fourth-order valence-corrected chi connectivity index (χ4v) is 1.74. The number of ether oxygens (including phenoxy) is 1. The Bertz CT molecular complexity index is 300. The molecule has 0 saturated heterocycles. The lowest BCUT2D eigenvalue weighted by Gasteiger charge is -2.21. The van der Waals surface area contributed by atoms with Gasteiger partial charge in [-0.1, -0.05) is 6.42 Å². The van der Waals surface area contributed by atoms with Crippen LogP contribution in [0.1, 0.15) is 32.1 Å². The molecule has 0 amide bonds. The van der Waals surface area contributed by atoms with Crippen molar-refractivity contribution in [2.75, 3.05) is 0 Å². The first-order chi connectivity index (χ1) is 6.84. The van der Waals surface area contributed by atoms with E-state index in [-0.39, 0.29) is 6.10 Å². The van der Waals surface area contributed by atoms with Gasteiger partial charge in [0.2, 0.25) is 11.8 Å². The Morgan fingerprint density at radius 2 is 2.00 bits per heavy atom. The number of rotatable bonds is 2. The van der Waals surface area contributed by atoms with Gasteiger partial charge in [0.05, 0.1) is 6.07 Å². The highest BCUT2D eigenvalue weighted by molar-refractivity contribution is 5.06. The number of hydrogen-bond donors (Lipinski definition) is 0. The second kappa shape index (κ2) is 4.35. The molecular weight excluding hydrogens is 183 g/mol. The van der Waals surface area contributed by atoms with Crippen LogP contribution in [-0.2, 0) is 0 Å². The van der Waals surface area contributed by atoms with Gasteiger partial charge in [0.25, 0.3) is 0 Å². The van der Waals surface area contributed by atoms with Gasteiger partial charge >= 0.3 is 0 Å². The predicted octanol–water partition coefficient (Wildman–Crippen LogP) is 2.33. The summed E-state index contributed by atoms with van der Waals surface area (Å²) in [6, 6.07) is 1.23. The lowest BCUT2D eigenvalue weighted by Crippen LogP contribution is -2.20. The predicted molar refractivity (Wildman–Crippen MR) is 49.5 cm³/mol. The number of aromatic nitrogens is 2. The summed E-state index contributed by atoms with van der Waals surface area (Å²) >= 11 is 0. The minimum Gasteiger partial charge on any atom is -0.474 e. The fourth-order valence-electron chi connectivity index (χ4n) is 1.74. The highest BCUT2D eigenvalue weighted by Crippen LogP contribution is 2.21. The van der Waals surface area contributed by atoms with E-state index in [9.17, 15) is 4.39 Å². The molecular formula is C10H13FN2O. The molecule has 0 aromatic carbocycles. The summed E-state index contributed by atoms with van der Waals surface area (Å²) in [6.07, 6.45) is 7.15. The summed E-state index contributed by atoms with van der Waals surface area (Å²) in [6.45, 7) is 0. The standard InChI is InChI=1S/C10H13FN2O/c11-9-6-10(13-7-12-9)14-8-4-2-1-3-5-8/h6-8H,1-5H2. The van der Waals surface area contributed by atoms with Crippen molar-refractivity contribution in [1.29, 1.82) is 0 Å². The third kappa shape index (κ3) is 2.40. The zero-order valence-electron chi connectivity index (χ0n) is 7.95. The average molecular weight is 196 g/mol. The molecule has 1 saturated carbocycles. The van der Waals surface area contributed by atoms with Crippen LogP contribution in [0.3, 0.4) is 0 Å². The molecule has 0 radical (unpaired) electrons.